The van der Waals surface area contributed by atoms with E-state index in [1.165, 1.54) is 25.7 Å². The molecule has 1 aromatic rings. The van der Waals surface area contributed by atoms with Crippen LogP contribution in [0.4, 0.5) is 5.82 Å². The second kappa shape index (κ2) is 5.07. The average Bonchev–Trinajstić information content (AvgIpc) is 2.80. The van der Waals surface area contributed by atoms with E-state index in [4.69, 9.17) is 5.73 Å². The number of anilines is 1. The van der Waals surface area contributed by atoms with Gasteiger partial charge in [-0.15, -0.1) is 0 Å². The van der Waals surface area contributed by atoms with Gasteiger partial charge in [0, 0.05) is 25.3 Å². The van der Waals surface area contributed by atoms with Gasteiger partial charge in [0.25, 0.3) is 0 Å². The quantitative estimate of drug-likeness (QED) is 0.804. The average molecular weight is 206 g/mol. The molecule has 4 nitrogen and oxygen atoms in total. The van der Waals surface area contributed by atoms with Gasteiger partial charge in [-0.25, -0.2) is 9.97 Å². The van der Waals surface area contributed by atoms with Gasteiger partial charge in [0.15, 0.2) is 0 Å². The highest BCUT2D eigenvalue weighted by molar-refractivity contribution is 5.38. The van der Waals surface area contributed by atoms with Crippen molar-refractivity contribution >= 4 is 5.82 Å². The second-order valence-electron chi connectivity index (χ2n) is 3.99. The molecule has 1 heterocycles. The van der Waals surface area contributed by atoms with Crippen molar-refractivity contribution in [3.63, 3.8) is 0 Å². The molecule has 1 aliphatic rings. The maximum atomic E-state index is 5.65. The van der Waals surface area contributed by atoms with E-state index in [1.54, 1.807) is 12.5 Å². The Morgan fingerprint density at radius 3 is 2.80 bits per heavy atom. The molecule has 1 aromatic heterocycles. The van der Waals surface area contributed by atoms with Crippen molar-refractivity contribution in [1.82, 2.24) is 9.97 Å². The molecule has 2 N–H and O–H groups in total. The molecule has 0 aromatic carbocycles. The molecular weight excluding hydrogens is 188 g/mol. The maximum Gasteiger partial charge on any atom is 0.132 e. The molecule has 0 bridgehead atoms. The molecule has 15 heavy (non-hydrogen) atoms. The number of hydrogen-bond donors (Lipinski definition) is 1. The number of nitrogens with two attached hydrogens (primary N) is 1. The zero-order valence-electron chi connectivity index (χ0n) is 8.97. The zero-order chi connectivity index (χ0) is 10.5. The summed E-state index contributed by atoms with van der Waals surface area (Å²) in [5.74, 6) is 1.02. The summed E-state index contributed by atoms with van der Waals surface area (Å²) in [6, 6.07) is 2.59. The molecule has 1 saturated carbocycles. The van der Waals surface area contributed by atoms with E-state index >= 15 is 0 Å². The van der Waals surface area contributed by atoms with Gasteiger partial charge in [0.05, 0.1) is 0 Å². The SMILES string of the molecule is NCCN(c1ccncn1)C1CCCC1. The highest BCUT2D eigenvalue weighted by Gasteiger charge is 2.22. The van der Waals surface area contributed by atoms with Crippen LogP contribution in [0.1, 0.15) is 25.7 Å². The summed E-state index contributed by atoms with van der Waals surface area (Å²) in [5, 5.41) is 0. The van der Waals surface area contributed by atoms with Crippen LogP contribution in [-0.2, 0) is 0 Å². The van der Waals surface area contributed by atoms with Crippen LogP contribution in [-0.4, -0.2) is 29.1 Å². The van der Waals surface area contributed by atoms with E-state index < -0.39 is 0 Å². The van der Waals surface area contributed by atoms with Crippen LogP contribution in [0.5, 0.6) is 0 Å². The standard InChI is InChI=1S/C11H18N4/c12-6-8-15(10-3-1-2-4-10)11-5-7-13-9-14-11/h5,7,9-10H,1-4,6,8,12H2. The van der Waals surface area contributed by atoms with Crippen LogP contribution < -0.4 is 10.6 Å². The molecule has 0 radical (unpaired) electrons. The monoisotopic (exact) mass is 206 g/mol. The first kappa shape index (κ1) is 10.4. The molecule has 4 heteroatoms. The lowest BCUT2D eigenvalue weighted by Crippen LogP contribution is -2.37. The lowest BCUT2D eigenvalue weighted by molar-refractivity contribution is 0.601. The molecule has 0 aliphatic heterocycles. The Hall–Kier alpha value is -1.16. The molecule has 82 valence electrons. The van der Waals surface area contributed by atoms with E-state index in [9.17, 15) is 0 Å². The molecule has 0 unspecified atom stereocenters. The molecule has 2 rings (SSSR count). The smallest absolute Gasteiger partial charge is 0.132 e. The highest BCUT2D eigenvalue weighted by Crippen LogP contribution is 2.26. The van der Waals surface area contributed by atoms with Crippen molar-refractivity contribution in [2.45, 2.75) is 31.7 Å². The fraction of sp³-hybridized carbons (Fsp3) is 0.636. The van der Waals surface area contributed by atoms with E-state index in [1.807, 2.05) is 6.07 Å². The van der Waals surface area contributed by atoms with Gasteiger partial charge in [0.2, 0.25) is 0 Å². The van der Waals surface area contributed by atoms with Gasteiger partial charge in [-0.05, 0) is 18.9 Å². The highest BCUT2D eigenvalue weighted by atomic mass is 15.2. The summed E-state index contributed by atoms with van der Waals surface area (Å²) in [6.45, 7) is 1.57. The minimum Gasteiger partial charge on any atom is -0.352 e. The van der Waals surface area contributed by atoms with Crippen molar-refractivity contribution in [3.05, 3.63) is 18.6 Å². The summed E-state index contributed by atoms with van der Waals surface area (Å²) in [4.78, 5) is 10.6. The van der Waals surface area contributed by atoms with E-state index in [-0.39, 0.29) is 0 Å². The fourth-order valence-electron chi connectivity index (χ4n) is 2.29. The Labute approximate surface area is 90.5 Å². The van der Waals surface area contributed by atoms with Crippen LogP contribution in [0, 0.1) is 0 Å². The van der Waals surface area contributed by atoms with Gasteiger partial charge in [0.1, 0.15) is 12.1 Å². The summed E-state index contributed by atoms with van der Waals surface area (Å²) < 4.78 is 0. The number of aromatic nitrogens is 2. The van der Waals surface area contributed by atoms with E-state index in [0.29, 0.717) is 12.6 Å². The van der Waals surface area contributed by atoms with Gasteiger partial charge in [-0.2, -0.15) is 0 Å². The summed E-state index contributed by atoms with van der Waals surface area (Å²) in [6.07, 6.45) is 8.59. The Morgan fingerprint density at radius 2 is 2.20 bits per heavy atom. The van der Waals surface area contributed by atoms with Crippen molar-refractivity contribution in [3.8, 4) is 0 Å². The maximum absolute atomic E-state index is 5.65. The number of rotatable bonds is 4. The third kappa shape index (κ3) is 2.45. The van der Waals surface area contributed by atoms with Crippen LogP contribution in [0.3, 0.4) is 0 Å². The Balaban J connectivity index is 2.11. The van der Waals surface area contributed by atoms with Gasteiger partial charge in [-0.3, -0.25) is 0 Å². The van der Waals surface area contributed by atoms with Gasteiger partial charge in [-0.1, -0.05) is 12.8 Å². The topological polar surface area (TPSA) is 55.0 Å². The largest absolute Gasteiger partial charge is 0.352 e. The summed E-state index contributed by atoms with van der Waals surface area (Å²) in [5.41, 5.74) is 5.65. The summed E-state index contributed by atoms with van der Waals surface area (Å²) >= 11 is 0. The predicted molar refractivity (Wildman–Crippen MR) is 60.7 cm³/mol. The Morgan fingerprint density at radius 1 is 1.40 bits per heavy atom. The normalized spacial score (nSPS) is 16.9. The molecular formula is C11H18N4. The zero-order valence-corrected chi connectivity index (χ0v) is 8.97. The van der Waals surface area contributed by atoms with Gasteiger partial charge >= 0.3 is 0 Å². The molecule has 0 amide bonds. The van der Waals surface area contributed by atoms with Crippen molar-refractivity contribution < 1.29 is 0 Å². The molecule has 1 aliphatic carbocycles. The first-order chi connectivity index (χ1) is 7.42. The molecule has 1 fully saturated rings. The minimum atomic E-state index is 0.628. The van der Waals surface area contributed by atoms with Crippen LogP contribution in [0.2, 0.25) is 0 Å². The molecule has 0 spiro atoms. The van der Waals surface area contributed by atoms with Crippen LogP contribution >= 0.6 is 0 Å². The van der Waals surface area contributed by atoms with Crippen molar-refractivity contribution in [1.29, 1.82) is 0 Å². The minimum absolute atomic E-state index is 0.628. The second-order valence-corrected chi connectivity index (χ2v) is 3.99. The van der Waals surface area contributed by atoms with Crippen molar-refractivity contribution in [2.75, 3.05) is 18.0 Å². The Kier molecular flexibility index (Phi) is 3.50. The number of hydrogen-bond acceptors (Lipinski definition) is 4. The first-order valence-corrected chi connectivity index (χ1v) is 5.64. The van der Waals surface area contributed by atoms with Crippen molar-refractivity contribution in [2.24, 2.45) is 5.73 Å². The van der Waals surface area contributed by atoms with Gasteiger partial charge < -0.3 is 10.6 Å². The molecule has 0 saturated heterocycles. The third-order valence-electron chi connectivity index (χ3n) is 3.00. The van der Waals surface area contributed by atoms with E-state index in [0.717, 1.165) is 12.4 Å². The lowest BCUT2D eigenvalue weighted by Gasteiger charge is -2.29. The number of nitrogens with zero attached hydrogens (tertiary/aromatic N) is 3. The predicted octanol–water partition coefficient (Wildman–Crippen LogP) is 1.18. The Bertz CT molecular complexity index is 282. The van der Waals surface area contributed by atoms with E-state index in [2.05, 4.69) is 14.9 Å². The third-order valence-corrected chi connectivity index (χ3v) is 3.00. The van der Waals surface area contributed by atoms with Crippen LogP contribution in [0.25, 0.3) is 0 Å². The first-order valence-electron chi connectivity index (χ1n) is 5.64. The lowest BCUT2D eigenvalue weighted by atomic mass is 10.2. The fourth-order valence-corrected chi connectivity index (χ4v) is 2.29. The van der Waals surface area contributed by atoms with Crippen LogP contribution in [0.15, 0.2) is 18.6 Å². The molecule has 0 atom stereocenters. The summed E-state index contributed by atoms with van der Waals surface area (Å²) in [7, 11) is 0.